The molecule has 7 amide bonds. The number of Topliss-reactive ketones (excluding diaryl/α,β-unsaturated/α-hetero) is 2. The fourth-order valence-corrected chi connectivity index (χ4v) is 15.6. The highest BCUT2D eigenvalue weighted by molar-refractivity contribution is 5.97. The Balaban J connectivity index is 0.000000318. The van der Waals surface area contributed by atoms with Crippen LogP contribution < -0.4 is 64.2 Å². The van der Waals surface area contributed by atoms with E-state index in [0.29, 0.717) is 45.2 Å². The van der Waals surface area contributed by atoms with Crippen molar-refractivity contribution in [3.05, 3.63) is 274 Å². The van der Waals surface area contributed by atoms with Gasteiger partial charge in [-0.3, -0.25) is 69.7 Å². The van der Waals surface area contributed by atoms with Crippen molar-refractivity contribution in [3.8, 4) is 11.1 Å². The third kappa shape index (κ3) is 31.8. The summed E-state index contributed by atoms with van der Waals surface area (Å²) in [6.07, 6.45) is -2.80. The Labute approximate surface area is 749 Å². The topological polar surface area (TPSA) is 396 Å². The van der Waals surface area contributed by atoms with Crippen LogP contribution in [0.5, 0.6) is 0 Å². The zero-order valence-electron chi connectivity index (χ0n) is 75.8. The maximum absolute atomic E-state index is 14.3. The lowest BCUT2D eigenvalue weighted by molar-refractivity contribution is -0.140. The second-order valence-electron chi connectivity index (χ2n) is 34.5. The van der Waals surface area contributed by atoms with Gasteiger partial charge in [0.2, 0.25) is 41.4 Å². The zero-order chi connectivity index (χ0) is 92.4. The van der Waals surface area contributed by atoms with Crippen molar-refractivity contribution in [2.75, 3.05) is 13.1 Å². The quantitative estimate of drug-likeness (QED) is 0.0125. The van der Waals surface area contributed by atoms with Crippen molar-refractivity contribution >= 4 is 52.9 Å². The molecule has 1 aliphatic heterocycles. The number of rotatable bonds is 47. The Morgan fingerprint density at radius 1 is 0.465 bits per heavy atom. The number of carbonyl (C=O) groups excluding carboxylic acids is 9. The number of likely N-dealkylation sites (tertiary alicyclic amines) is 1. The molecule has 9 rings (SSSR count). The lowest BCUT2D eigenvalue weighted by Crippen LogP contribution is -2.62. The van der Waals surface area contributed by atoms with Crippen LogP contribution in [-0.2, 0) is 81.0 Å². The van der Waals surface area contributed by atoms with Crippen molar-refractivity contribution in [2.45, 2.75) is 258 Å². The number of carbonyl (C=O) groups is 9. The molecule has 1 unspecified atom stereocenters. The minimum Gasteiger partial charge on any atom is -0.379 e. The van der Waals surface area contributed by atoms with Gasteiger partial charge in [-0.2, -0.15) is 0 Å². The predicted molar refractivity (Wildman–Crippen MR) is 496 cm³/mol. The van der Waals surface area contributed by atoms with Crippen LogP contribution in [0.4, 0.5) is 0 Å². The van der Waals surface area contributed by atoms with Gasteiger partial charge in [0.25, 0.3) is 0 Å². The normalized spacial score (nSPS) is 15.8. The maximum atomic E-state index is 14.3. The highest BCUT2D eigenvalue weighted by Crippen LogP contribution is 2.38. The fourth-order valence-electron chi connectivity index (χ4n) is 15.6. The van der Waals surface area contributed by atoms with Crippen LogP contribution in [0, 0.1) is 32.6 Å². The Bertz CT molecular complexity index is 4760. The van der Waals surface area contributed by atoms with E-state index in [1.54, 1.807) is 13.8 Å². The predicted octanol–water partition coefficient (Wildman–Crippen LogP) is 8.69. The number of hydrogen-bond acceptors (Lipinski definition) is 19. The minimum absolute atomic E-state index is 0.0739. The number of nitrogens with one attached hydrogen (secondary N) is 11. The minimum atomic E-state index is -1.55. The summed E-state index contributed by atoms with van der Waals surface area (Å²) < 4.78 is 0. The Kier molecular flexibility index (Phi) is 40.3. The van der Waals surface area contributed by atoms with E-state index in [2.05, 4.69) is 150 Å². The summed E-state index contributed by atoms with van der Waals surface area (Å²) in [4.78, 5) is 121. The van der Waals surface area contributed by atoms with E-state index in [4.69, 9.17) is 5.73 Å². The van der Waals surface area contributed by atoms with Gasteiger partial charge in [0.05, 0.1) is 42.3 Å². The van der Waals surface area contributed by atoms with Crippen molar-refractivity contribution in [2.24, 2.45) is 17.6 Å². The Hall–Kier alpha value is -11.0. The number of aliphatic hydroxyl groups excluding tert-OH is 4. The third-order valence-corrected chi connectivity index (χ3v) is 22.9. The van der Waals surface area contributed by atoms with Crippen LogP contribution in [0.1, 0.15) is 175 Å². The first kappa shape index (κ1) is 101. The number of benzene rings is 8. The first-order valence-electron chi connectivity index (χ1n) is 44.5. The maximum Gasteiger partial charge on any atom is 0.243 e. The fraction of sp³-hybridized carbons (Fsp3) is 0.436. The number of aliphatic hydroxyl groups is 4. The summed E-state index contributed by atoms with van der Waals surface area (Å²) in [5.41, 5.74) is 18.6. The second-order valence-corrected chi connectivity index (χ2v) is 34.5. The van der Waals surface area contributed by atoms with E-state index in [1.165, 1.54) is 24.3 Å². The molecule has 0 aliphatic carbocycles. The average molecular weight is 1740 g/mol. The molecular formula is C101H135N13O13. The number of nitrogens with zero attached hydrogens (tertiary/aromatic N) is 1. The van der Waals surface area contributed by atoms with E-state index in [0.717, 1.165) is 66.8 Å². The molecule has 8 aromatic rings. The largest absolute Gasteiger partial charge is 0.379 e. The van der Waals surface area contributed by atoms with Crippen molar-refractivity contribution in [1.29, 1.82) is 0 Å². The van der Waals surface area contributed by atoms with Crippen LogP contribution in [-0.4, -0.2) is 177 Å². The Morgan fingerprint density at radius 3 is 1.46 bits per heavy atom. The van der Waals surface area contributed by atoms with E-state index >= 15 is 0 Å². The highest BCUT2D eigenvalue weighted by atomic mass is 16.3. The molecule has 1 fully saturated rings. The zero-order valence-corrected chi connectivity index (χ0v) is 75.8. The van der Waals surface area contributed by atoms with Crippen LogP contribution >= 0.6 is 0 Å². The highest BCUT2D eigenvalue weighted by Gasteiger charge is 2.41. The van der Waals surface area contributed by atoms with E-state index < -0.39 is 127 Å². The molecule has 26 heteroatoms. The lowest BCUT2D eigenvalue weighted by Gasteiger charge is -2.37. The molecule has 17 N–H and O–H groups in total. The van der Waals surface area contributed by atoms with Crippen LogP contribution in [0.3, 0.4) is 0 Å². The van der Waals surface area contributed by atoms with Gasteiger partial charge in [-0.25, -0.2) is 0 Å². The molecule has 127 heavy (non-hydrogen) atoms. The molecule has 26 nitrogen and oxygen atoms in total. The molecule has 1 saturated heterocycles. The van der Waals surface area contributed by atoms with E-state index in [-0.39, 0.29) is 74.2 Å². The van der Waals surface area contributed by atoms with Gasteiger partial charge in [-0.1, -0.05) is 271 Å². The molecule has 682 valence electrons. The molecular weight excluding hydrogens is 1600 g/mol. The molecule has 0 bridgehead atoms. The van der Waals surface area contributed by atoms with Gasteiger partial charge in [0, 0.05) is 38.5 Å². The number of hydrogen-bond donors (Lipinski definition) is 16. The number of aryl methyl sites for hydroxylation is 3. The second kappa shape index (κ2) is 50.5. The first-order valence-corrected chi connectivity index (χ1v) is 44.5. The smallest absolute Gasteiger partial charge is 0.243 e. The molecule has 1 aliphatic rings. The van der Waals surface area contributed by atoms with Crippen LogP contribution in [0.15, 0.2) is 212 Å². The third-order valence-electron chi connectivity index (χ3n) is 22.9. The van der Waals surface area contributed by atoms with Gasteiger partial charge >= 0.3 is 0 Å². The molecule has 8 aromatic carbocycles. The molecule has 0 saturated carbocycles. The average Bonchev–Trinajstić information content (AvgIpc) is 1.25. The standard InChI is InChI=1S/C51H81N9O9.C50H54N4O4/c1-11-33(9)54-50(68)44(30(5)6)59-43(62)28-53-45(63)40(26-35-19-15-31(7)16-20-35)57-48(66)41(27-36-21-17-32(8)18-22-36)58-47(65)39(25-34(10)61)56-46(64)38(12-2)55-49(67)42-14-13-23-60(42)51(69)37(52)24-29(3)4;1-35-22-28-45(29-23-35)50(43-18-9-5-10-19-43,44-20-11-6-12-21-44)52-34-40-15-13-14-39(31-40)33-51-48(57)46(30-36(2)55)54-49(58)47(53-37(3)56)32-38-24-26-42(27-25-38)41-16-7-4-8-17-41/h15-22,29-30,33,37-42,44-45,48,53,57,63,66H,11-14,23-28,52H2,1-10H3,(H,54,68)(H,55,67)(H,56,64)(H,58,65)(H,59,62);4-29,31,37,46-47,49,52-54,56,58H,30,32-34H2,1-3H3,(H,51,57)/t33-,37+,38+,39+,40+,41+,42+,44?,45+,48-;37-,46+,47+,49+/m11/s1. The Morgan fingerprint density at radius 2 is 0.945 bits per heavy atom. The first-order chi connectivity index (χ1) is 60.6. The molecule has 14 atom stereocenters. The molecule has 0 spiro atoms. The summed E-state index contributed by atoms with van der Waals surface area (Å²) in [6, 6.07) is 62.0. The molecule has 0 aromatic heterocycles. The number of nitrogens with two attached hydrogens (primary N) is 1. The van der Waals surface area contributed by atoms with Gasteiger partial charge in [0.15, 0.2) is 0 Å². The van der Waals surface area contributed by atoms with Crippen molar-refractivity contribution < 1.29 is 63.6 Å². The summed E-state index contributed by atoms with van der Waals surface area (Å²) in [5.74, 6) is -4.28. The van der Waals surface area contributed by atoms with Gasteiger partial charge < -0.3 is 63.0 Å². The van der Waals surface area contributed by atoms with Crippen molar-refractivity contribution in [1.82, 2.24) is 63.4 Å². The van der Waals surface area contributed by atoms with E-state index in [9.17, 15) is 63.6 Å². The molecule has 1 heterocycles. The van der Waals surface area contributed by atoms with E-state index in [1.807, 2.05) is 183 Å². The SMILES string of the molecule is CC(=O)C[C@H](N[C@@H](O)[C@H](Cc1ccc(-c2ccccc2)cc1)N[C@@H](C)O)C(=O)NCc1cccc(CNC(c2ccccc2)(c2ccccc2)c2ccc(C)cc2)c1.CC[C@@H](C)NC(=O)C(NC(=O)CN[C@@H](O)[C@H](Cc1ccc(C)cc1)N[C@H](O)[C@H](Cc1ccc(C)cc1)NC(=O)[C@H](CC(C)=O)NC(=O)[C@H](CC)NC(=O)[C@@H]1CCCN1C(=O)[C@@H](N)CC(C)C)C(C)C. The van der Waals surface area contributed by atoms with Crippen LogP contribution in [0.25, 0.3) is 11.1 Å². The summed E-state index contributed by atoms with van der Waals surface area (Å²) in [6.45, 7) is 24.0. The monoisotopic (exact) mass is 1740 g/mol. The number of ketones is 2. The van der Waals surface area contributed by atoms with Gasteiger partial charge in [0.1, 0.15) is 60.6 Å². The van der Waals surface area contributed by atoms with Crippen LogP contribution in [0.2, 0.25) is 0 Å². The van der Waals surface area contributed by atoms with Crippen molar-refractivity contribution in [3.63, 3.8) is 0 Å². The summed E-state index contributed by atoms with van der Waals surface area (Å²) in [5, 5.41) is 78.0. The summed E-state index contributed by atoms with van der Waals surface area (Å²) in [7, 11) is 0. The molecule has 0 radical (unpaired) electrons. The summed E-state index contributed by atoms with van der Waals surface area (Å²) >= 11 is 0. The van der Waals surface area contributed by atoms with Gasteiger partial charge in [-0.05, 0) is 167 Å². The lowest BCUT2D eigenvalue weighted by atomic mass is 9.76. The number of amides is 7. The van der Waals surface area contributed by atoms with Gasteiger partial charge in [-0.15, -0.1) is 0 Å².